The summed E-state index contributed by atoms with van der Waals surface area (Å²) in [5, 5.41) is 5.67. The molecule has 0 aliphatic rings. The number of nitrogens with one attached hydrogen (secondary N) is 1. The van der Waals surface area contributed by atoms with Crippen LogP contribution < -0.4 is 5.32 Å². The van der Waals surface area contributed by atoms with Crippen LogP contribution in [0.15, 0.2) is 42.5 Å². The monoisotopic (exact) mass is 317 g/mol. The molecule has 0 amide bonds. The SMILES string of the molecule is Clc1ccc2sc(Nc3nc4ccccc4s3)nc2c1. The first kappa shape index (κ1) is 12.1. The Hall–Kier alpha value is -1.69. The van der Waals surface area contributed by atoms with Crippen molar-refractivity contribution in [2.45, 2.75) is 0 Å². The molecule has 98 valence electrons. The standard InChI is InChI=1S/C14H8ClN3S2/c15-8-5-6-12-10(7-8)17-14(20-12)18-13-16-9-3-1-2-4-11(9)19-13/h1-7H,(H,16,17,18). The zero-order valence-corrected chi connectivity index (χ0v) is 12.5. The molecule has 3 nitrogen and oxygen atoms in total. The van der Waals surface area contributed by atoms with E-state index in [1.165, 1.54) is 4.70 Å². The van der Waals surface area contributed by atoms with Crippen LogP contribution in [0.5, 0.6) is 0 Å². The van der Waals surface area contributed by atoms with Gasteiger partial charge in [-0.3, -0.25) is 0 Å². The predicted octanol–water partition coefficient (Wildman–Crippen LogP) is 5.30. The number of benzene rings is 2. The minimum Gasteiger partial charge on any atom is -0.307 e. The Morgan fingerprint density at radius 2 is 1.55 bits per heavy atom. The third kappa shape index (κ3) is 2.14. The highest BCUT2D eigenvalue weighted by molar-refractivity contribution is 7.24. The molecule has 2 aromatic carbocycles. The Labute approximate surface area is 127 Å². The van der Waals surface area contributed by atoms with Crippen molar-refractivity contribution in [1.82, 2.24) is 9.97 Å². The summed E-state index contributed by atoms with van der Waals surface area (Å²) in [6, 6.07) is 13.8. The molecule has 2 heterocycles. The zero-order chi connectivity index (χ0) is 13.5. The molecular weight excluding hydrogens is 310 g/mol. The molecule has 20 heavy (non-hydrogen) atoms. The lowest BCUT2D eigenvalue weighted by Crippen LogP contribution is -1.86. The first-order chi connectivity index (χ1) is 9.78. The third-order valence-electron chi connectivity index (χ3n) is 2.86. The van der Waals surface area contributed by atoms with Crippen LogP contribution in [0.4, 0.5) is 10.3 Å². The molecule has 0 aliphatic heterocycles. The lowest BCUT2D eigenvalue weighted by molar-refractivity contribution is 1.40. The second-order valence-electron chi connectivity index (χ2n) is 4.24. The predicted molar refractivity (Wildman–Crippen MR) is 87.5 cm³/mol. The molecule has 0 radical (unpaired) electrons. The summed E-state index contributed by atoms with van der Waals surface area (Å²) in [6.45, 7) is 0. The zero-order valence-electron chi connectivity index (χ0n) is 10.1. The fourth-order valence-corrected chi connectivity index (χ4v) is 3.91. The Balaban J connectivity index is 1.72. The Kier molecular flexibility index (Phi) is 2.84. The molecule has 0 unspecified atom stereocenters. The van der Waals surface area contributed by atoms with Crippen molar-refractivity contribution in [3.05, 3.63) is 47.5 Å². The van der Waals surface area contributed by atoms with E-state index in [1.807, 2.05) is 36.4 Å². The molecule has 6 heteroatoms. The lowest BCUT2D eigenvalue weighted by Gasteiger charge is -1.93. The number of thiazole rings is 2. The van der Waals surface area contributed by atoms with E-state index in [-0.39, 0.29) is 0 Å². The van der Waals surface area contributed by atoms with Crippen molar-refractivity contribution < 1.29 is 0 Å². The largest absolute Gasteiger partial charge is 0.307 e. The van der Waals surface area contributed by atoms with Crippen LogP contribution in [0.1, 0.15) is 0 Å². The van der Waals surface area contributed by atoms with Gasteiger partial charge < -0.3 is 5.32 Å². The van der Waals surface area contributed by atoms with E-state index in [9.17, 15) is 0 Å². The van der Waals surface area contributed by atoms with Gasteiger partial charge in [0.05, 0.1) is 20.4 Å². The minimum atomic E-state index is 0.703. The van der Waals surface area contributed by atoms with Gasteiger partial charge in [-0.1, -0.05) is 46.4 Å². The number of rotatable bonds is 2. The second-order valence-corrected chi connectivity index (χ2v) is 6.74. The summed E-state index contributed by atoms with van der Waals surface area (Å²) in [5.74, 6) is 0. The average molecular weight is 318 g/mol. The smallest absolute Gasteiger partial charge is 0.190 e. The van der Waals surface area contributed by atoms with Crippen molar-refractivity contribution >= 4 is 65.0 Å². The molecular formula is C14H8ClN3S2. The highest BCUT2D eigenvalue weighted by Gasteiger charge is 2.07. The molecule has 0 bridgehead atoms. The molecule has 0 saturated heterocycles. The maximum Gasteiger partial charge on any atom is 0.190 e. The summed E-state index contributed by atoms with van der Waals surface area (Å²) in [5.41, 5.74) is 1.91. The number of fused-ring (bicyclic) bond motifs is 2. The van der Waals surface area contributed by atoms with E-state index in [1.54, 1.807) is 22.7 Å². The van der Waals surface area contributed by atoms with E-state index in [4.69, 9.17) is 11.6 Å². The van der Waals surface area contributed by atoms with E-state index >= 15 is 0 Å². The van der Waals surface area contributed by atoms with Crippen molar-refractivity contribution in [3.8, 4) is 0 Å². The average Bonchev–Trinajstić information content (AvgIpc) is 3.00. The number of halogens is 1. The summed E-state index contributed by atoms with van der Waals surface area (Å²) >= 11 is 9.20. The second kappa shape index (κ2) is 4.70. The number of aromatic nitrogens is 2. The Morgan fingerprint density at radius 3 is 2.35 bits per heavy atom. The van der Waals surface area contributed by atoms with E-state index in [2.05, 4.69) is 21.4 Å². The van der Waals surface area contributed by atoms with Crippen molar-refractivity contribution in [2.24, 2.45) is 0 Å². The number of para-hydroxylation sites is 1. The topological polar surface area (TPSA) is 37.8 Å². The number of hydrogen-bond donors (Lipinski definition) is 1. The van der Waals surface area contributed by atoms with Gasteiger partial charge in [-0.15, -0.1) is 0 Å². The molecule has 0 saturated carbocycles. The minimum absolute atomic E-state index is 0.703. The van der Waals surface area contributed by atoms with Crippen LogP contribution in [0, 0.1) is 0 Å². The van der Waals surface area contributed by atoms with Gasteiger partial charge in [0.2, 0.25) is 0 Å². The summed E-state index contributed by atoms with van der Waals surface area (Å²) < 4.78 is 2.28. The molecule has 0 fully saturated rings. The third-order valence-corrected chi connectivity index (χ3v) is 5.00. The van der Waals surface area contributed by atoms with Crippen LogP contribution >= 0.6 is 34.3 Å². The van der Waals surface area contributed by atoms with Crippen molar-refractivity contribution in [2.75, 3.05) is 5.32 Å². The van der Waals surface area contributed by atoms with E-state index in [0.717, 1.165) is 26.0 Å². The molecule has 2 aromatic heterocycles. The fraction of sp³-hybridized carbons (Fsp3) is 0. The summed E-state index contributed by atoms with van der Waals surface area (Å²) in [7, 11) is 0. The van der Waals surface area contributed by atoms with E-state index in [0.29, 0.717) is 5.02 Å². The first-order valence-electron chi connectivity index (χ1n) is 5.97. The van der Waals surface area contributed by atoms with Gasteiger partial charge in [0, 0.05) is 5.02 Å². The molecule has 1 N–H and O–H groups in total. The quantitative estimate of drug-likeness (QED) is 0.545. The van der Waals surface area contributed by atoms with Crippen LogP contribution in [-0.2, 0) is 0 Å². The van der Waals surface area contributed by atoms with Crippen LogP contribution in [0.2, 0.25) is 5.02 Å². The normalized spacial score (nSPS) is 11.2. The van der Waals surface area contributed by atoms with Crippen molar-refractivity contribution in [3.63, 3.8) is 0 Å². The van der Waals surface area contributed by atoms with E-state index < -0.39 is 0 Å². The van der Waals surface area contributed by atoms with Gasteiger partial charge in [0.25, 0.3) is 0 Å². The molecule has 4 aromatic rings. The maximum atomic E-state index is 5.98. The molecule has 0 spiro atoms. The fourth-order valence-electron chi connectivity index (χ4n) is 1.97. The van der Waals surface area contributed by atoms with Gasteiger partial charge in [0.15, 0.2) is 10.3 Å². The number of hydrogen-bond acceptors (Lipinski definition) is 5. The number of anilines is 2. The van der Waals surface area contributed by atoms with Crippen LogP contribution in [-0.4, -0.2) is 9.97 Å². The van der Waals surface area contributed by atoms with Crippen LogP contribution in [0.3, 0.4) is 0 Å². The Bertz CT molecular complexity index is 880. The summed E-state index contributed by atoms with van der Waals surface area (Å²) in [4.78, 5) is 9.07. The first-order valence-corrected chi connectivity index (χ1v) is 7.98. The molecule has 4 rings (SSSR count). The highest BCUT2D eigenvalue weighted by Crippen LogP contribution is 2.32. The highest BCUT2D eigenvalue weighted by atomic mass is 35.5. The van der Waals surface area contributed by atoms with Gasteiger partial charge >= 0.3 is 0 Å². The lowest BCUT2D eigenvalue weighted by atomic mass is 10.3. The van der Waals surface area contributed by atoms with Crippen molar-refractivity contribution in [1.29, 1.82) is 0 Å². The summed E-state index contributed by atoms with van der Waals surface area (Å²) in [6.07, 6.45) is 0. The van der Waals surface area contributed by atoms with Gasteiger partial charge in [0.1, 0.15) is 0 Å². The van der Waals surface area contributed by atoms with Gasteiger partial charge in [-0.05, 0) is 30.3 Å². The molecule has 0 aliphatic carbocycles. The Morgan fingerprint density at radius 1 is 0.850 bits per heavy atom. The maximum absolute atomic E-state index is 5.98. The van der Waals surface area contributed by atoms with Crippen LogP contribution in [0.25, 0.3) is 20.4 Å². The van der Waals surface area contributed by atoms with Gasteiger partial charge in [-0.25, -0.2) is 9.97 Å². The number of nitrogens with zero attached hydrogens (tertiary/aromatic N) is 2. The van der Waals surface area contributed by atoms with Gasteiger partial charge in [-0.2, -0.15) is 0 Å². The molecule has 0 atom stereocenters.